The Hall–Kier alpha value is -1.56. The summed E-state index contributed by atoms with van der Waals surface area (Å²) in [6.07, 6.45) is 0. The molecule has 0 fully saturated rings. The van der Waals surface area contributed by atoms with Gasteiger partial charge in [0.15, 0.2) is 0 Å². The summed E-state index contributed by atoms with van der Waals surface area (Å²) in [6.45, 7) is 2.87. The standard InChI is InChI=1S/C16H20N2O2S.ClH/c1-4-20-16(19)14-13(11-8-6-5-7-9-11)12(10-18(2)3)21-15(14)17;/h5-9H,4,10,17H2,1-3H3;1H/p-1. The van der Waals surface area contributed by atoms with E-state index in [1.807, 2.05) is 44.4 Å². The lowest BCUT2D eigenvalue weighted by Gasteiger charge is -2.11. The van der Waals surface area contributed by atoms with E-state index in [1.54, 1.807) is 6.92 Å². The molecule has 0 saturated carbocycles. The number of hydrogen-bond donors (Lipinski definition) is 1. The first kappa shape index (κ1) is 18.5. The predicted octanol–water partition coefficient (Wildman–Crippen LogP) is 0.240. The summed E-state index contributed by atoms with van der Waals surface area (Å²) in [7, 11) is 3.99. The highest BCUT2D eigenvalue weighted by Gasteiger charge is 2.24. The average Bonchev–Trinajstić information content (AvgIpc) is 2.75. The minimum absolute atomic E-state index is 0. The van der Waals surface area contributed by atoms with Gasteiger partial charge in [-0.25, -0.2) is 4.79 Å². The van der Waals surface area contributed by atoms with Crippen molar-refractivity contribution in [3.63, 3.8) is 0 Å². The molecule has 1 aromatic carbocycles. The molecule has 2 rings (SSSR count). The van der Waals surface area contributed by atoms with Crippen molar-refractivity contribution >= 4 is 22.3 Å². The number of anilines is 1. The van der Waals surface area contributed by atoms with Crippen LogP contribution in [-0.4, -0.2) is 31.6 Å². The molecule has 0 aliphatic carbocycles. The van der Waals surface area contributed by atoms with Crippen molar-refractivity contribution in [3.05, 3.63) is 40.8 Å². The van der Waals surface area contributed by atoms with E-state index in [-0.39, 0.29) is 18.4 Å². The molecule has 2 N–H and O–H groups in total. The zero-order valence-electron chi connectivity index (χ0n) is 12.9. The van der Waals surface area contributed by atoms with E-state index in [1.165, 1.54) is 11.3 Å². The first-order valence-electron chi connectivity index (χ1n) is 6.83. The van der Waals surface area contributed by atoms with Crippen molar-refractivity contribution in [2.75, 3.05) is 26.4 Å². The van der Waals surface area contributed by atoms with Crippen LogP contribution in [0.2, 0.25) is 0 Å². The lowest BCUT2D eigenvalue weighted by molar-refractivity contribution is -0.0000225. The number of halogens is 1. The Morgan fingerprint density at radius 1 is 1.27 bits per heavy atom. The topological polar surface area (TPSA) is 55.6 Å². The van der Waals surface area contributed by atoms with Crippen LogP contribution in [0.25, 0.3) is 11.1 Å². The highest BCUT2D eigenvalue weighted by molar-refractivity contribution is 7.17. The maximum absolute atomic E-state index is 12.2. The SMILES string of the molecule is CCOC(=O)c1c(N)sc(CN(C)C)c1-c1ccccc1.[Cl-]. The van der Waals surface area contributed by atoms with Crippen LogP contribution in [0.5, 0.6) is 0 Å². The molecule has 22 heavy (non-hydrogen) atoms. The monoisotopic (exact) mass is 339 g/mol. The summed E-state index contributed by atoms with van der Waals surface area (Å²) < 4.78 is 5.16. The molecule has 0 bridgehead atoms. The van der Waals surface area contributed by atoms with Gasteiger partial charge in [0, 0.05) is 17.0 Å². The van der Waals surface area contributed by atoms with E-state index in [9.17, 15) is 4.79 Å². The summed E-state index contributed by atoms with van der Waals surface area (Å²) in [5.74, 6) is -0.352. The Balaban J connectivity index is 0.00000242. The predicted molar refractivity (Wildman–Crippen MR) is 87.5 cm³/mol. The zero-order valence-corrected chi connectivity index (χ0v) is 14.5. The molecule has 1 aromatic heterocycles. The van der Waals surface area contributed by atoms with Crippen LogP contribution >= 0.6 is 11.3 Å². The summed E-state index contributed by atoms with van der Waals surface area (Å²) in [5, 5.41) is 0.518. The second-order valence-corrected chi connectivity index (χ2v) is 6.10. The Kier molecular flexibility index (Phi) is 6.87. The van der Waals surface area contributed by atoms with Gasteiger partial charge in [-0.1, -0.05) is 30.3 Å². The Labute approximate surface area is 141 Å². The molecule has 120 valence electrons. The summed E-state index contributed by atoms with van der Waals surface area (Å²) in [5.41, 5.74) is 8.46. The van der Waals surface area contributed by atoms with Crippen LogP contribution in [0.15, 0.2) is 30.3 Å². The number of nitrogen functional groups attached to an aromatic ring is 1. The fourth-order valence-electron chi connectivity index (χ4n) is 2.21. The maximum atomic E-state index is 12.2. The number of thiophene rings is 1. The van der Waals surface area contributed by atoms with Crippen LogP contribution in [0.3, 0.4) is 0 Å². The quantitative estimate of drug-likeness (QED) is 0.793. The minimum Gasteiger partial charge on any atom is -1.00 e. The Bertz CT molecular complexity index is 627. The third kappa shape index (κ3) is 4.00. The summed E-state index contributed by atoms with van der Waals surface area (Å²) in [4.78, 5) is 15.4. The van der Waals surface area contributed by atoms with E-state index in [2.05, 4.69) is 4.90 Å². The van der Waals surface area contributed by atoms with Crippen molar-refractivity contribution < 1.29 is 21.9 Å². The average molecular weight is 340 g/mol. The maximum Gasteiger partial charge on any atom is 0.341 e. The first-order chi connectivity index (χ1) is 10.0. The van der Waals surface area contributed by atoms with E-state index in [0.717, 1.165) is 22.5 Å². The zero-order chi connectivity index (χ0) is 15.4. The van der Waals surface area contributed by atoms with E-state index in [0.29, 0.717) is 17.2 Å². The fraction of sp³-hybridized carbons (Fsp3) is 0.312. The first-order valence-corrected chi connectivity index (χ1v) is 7.64. The van der Waals surface area contributed by atoms with Crippen molar-refractivity contribution in [3.8, 4) is 11.1 Å². The molecule has 0 aliphatic heterocycles. The van der Waals surface area contributed by atoms with Gasteiger partial charge in [0.2, 0.25) is 0 Å². The van der Waals surface area contributed by atoms with Crippen molar-refractivity contribution in [1.82, 2.24) is 4.90 Å². The molecular weight excluding hydrogens is 320 g/mol. The van der Waals surface area contributed by atoms with Crippen LogP contribution in [-0.2, 0) is 11.3 Å². The van der Waals surface area contributed by atoms with Gasteiger partial charge in [-0.15, -0.1) is 11.3 Å². The van der Waals surface area contributed by atoms with Crippen LogP contribution in [0.1, 0.15) is 22.2 Å². The van der Waals surface area contributed by atoms with Crippen LogP contribution < -0.4 is 18.1 Å². The molecule has 6 heteroatoms. The number of rotatable bonds is 5. The van der Waals surface area contributed by atoms with E-state index < -0.39 is 0 Å². The molecule has 4 nitrogen and oxygen atoms in total. The second kappa shape index (κ2) is 8.17. The number of carbonyl (C=O) groups is 1. The third-order valence-electron chi connectivity index (χ3n) is 3.01. The number of ether oxygens (including phenoxy) is 1. The number of nitrogens with zero attached hydrogens (tertiary/aromatic N) is 1. The number of benzene rings is 1. The minimum atomic E-state index is -0.352. The largest absolute Gasteiger partial charge is 1.00 e. The Morgan fingerprint density at radius 2 is 1.91 bits per heavy atom. The van der Waals surface area contributed by atoms with Crippen molar-refractivity contribution in [2.24, 2.45) is 0 Å². The van der Waals surface area contributed by atoms with Gasteiger partial charge in [-0.3, -0.25) is 0 Å². The van der Waals surface area contributed by atoms with Gasteiger partial charge in [0.05, 0.1) is 6.61 Å². The van der Waals surface area contributed by atoms with Gasteiger partial charge in [-0.2, -0.15) is 0 Å². The molecule has 0 saturated heterocycles. The molecular formula is C16H20ClN2O2S-. The van der Waals surface area contributed by atoms with Gasteiger partial charge in [-0.05, 0) is 26.6 Å². The molecule has 0 atom stereocenters. The summed E-state index contributed by atoms with van der Waals surface area (Å²) >= 11 is 1.45. The number of esters is 1. The van der Waals surface area contributed by atoms with Crippen LogP contribution in [0, 0.1) is 0 Å². The van der Waals surface area contributed by atoms with Gasteiger partial charge < -0.3 is 27.8 Å². The molecule has 0 aliphatic rings. The molecule has 0 radical (unpaired) electrons. The van der Waals surface area contributed by atoms with Gasteiger partial charge in [0.1, 0.15) is 10.6 Å². The fourth-order valence-corrected chi connectivity index (χ4v) is 3.41. The lowest BCUT2D eigenvalue weighted by atomic mass is 10.0. The molecule has 0 spiro atoms. The molecule has 1 heterocycles. The van der Waals surface area contributed by atoms with Crippen molar-refractivity contribution in [2.45, 2.75) is 13.5 Å². The van der Waals surface area contributed by atoms with Crippen molar-refractivity contribution in [1.29, 1.82) is 0 Å². The number of hydrogen-bond acceptors (Lipinski definition) is 5. The van der Waals surface area contributed by atoms with Crippen LogP contribution in [0.4, 0.5) is 5.00 Å². The highest BCUT2D eigenvalue weighted by atomic mass is 35.5. The highest BCUT2D eigenvalue weighted by Crippen LogP contribution is 2.39. The van der Waals surface area contributed by atoms with E-state index in [4.69, 9.17) is 10.5 Å². The third-order valence-corrected chi connectivity index (χ3v) is 4.01. The second-order valence-electron chi connectivity index (χ2n) is 4.96. The smallest absolute Gasteiger partial charge is 0.341 e. The number of carbonyl (C=O) groups excluding carboxylic acids is 1. The molecule has 0 unspecified atom stereocenters. The van der Waals surface area contributed by atoms with Gasteiger partial charge >= 0.3 is 5.97 Å². The van der Waals surface area contributed by atoms with Gasteiger partial charge in [0.25, 0.3) is 0 Å². The number of nitrogens with two attached hydrogens (primary N) is 1. The molecule has 0 amide bonds. The normalized spacial score (nSPS) is 10.4. The Morgan fingerprint density at radius 3 is 2.45 bits per heavy atom. The summed E-state index contributed by atoms with van der Waals surface area (Å²) in [6, 6.07) is 9.84. The lowest BCUT2D eigenvalue weighted by Crippen LogP contribution is -3.00. The van der Waals surface area contributed by atoms with E-state index >= 15 is 0 Å². The molecule has 2 aromatic rings.